The van der Waals surface area contributed by atoms with E-state index in [9.17, 15) is 14.5 Å². The number of aliphatic hydroxyl groups is 1. The first-order valence-electron chi connectivity index (χ1n) is 6.34. The van der Waals surface area contributed by atoms with Crippen molar-refractivity contribution in [1.82, 2.24) is 9.55 Å². The van der Waals surface area contributed by atoms with Gasteiger partial charge in [0.1, 0.15) is 23.6 Å². The zero-order chi connectivity index (χ0) is 15.4. The predicted molar refractivity (Wildman–Crippen MR) is 71.8 cm³/mol. The van der Waals surface area contributed by atoms with Crippen molar-refractivity contribution in [3.8, 4) is 0 Å². The number of nitrogens with zero attached hydrogens (tertiary/aromatic N) is 2. The molecule has 0 aliphatic carbocycles. The van der Waals surface area contributed by atoms with Gasteiger partial charge in [-0.05, 0) is 13.0 Å². The average molecular weight is 317 g/mol. The van der Waals surface area contributed by atoms with Crippen molar-refractivity contribution < 1.29 is 23.5 Å². The van der Waals surface area contributed by atoms with Crippen molar-refractivity contribution in [3.05, 3.63) is 22.7 Å². The topological polar surface area (TPSA) is 126 Å². The maximum Gasteiger partial charge on any atom is 0.351 e. The Morgan fingerprint density at radius 1 is 1.62 bits per heavy atom. The number of anilines is 1. The molecule has 2 aliphatic heterocycles. The Bertz CT molecular complexity index is 674. The van der Waals surface area contributed by atoms with Crippen molar-refractivity contribution >= 4 is 13.4 Å². The fraction of sp³-hybridized carbons (Fsp3) is 0.636. The van der Waals surface area contributed by atoms with E-state index in [0.29, 0.717) is 0 Å². The summed E-state index contributed by atoms with van der Waals surface area (Å²) in [4.78, 5) is 15.5. The second-order valence-corrected chi connectivity index (χ2v) is 7.40. The highest BCUT2D eigenvalue weighted by atomic mass is 31.2. The maximum absolute atomic E-state index is 11.9. The van der Waals surface area contributed by atoms with Gasteiger partial charge in [-0.3, -0.25) is 13.7 Å². The molecule has 3 N–H and O–H groups in total. The number of fused-ring (bicyclic) bond motifs is 1. The van der Waals surface area contributed by atoms with Crippen molar-refractivity contribution in [2.75, 3.05) is 19.0 Å². The van der Waals surface area contributed by atoms with Crippen LogP contribution in [0.15, 0.2) is 17.1 Å². The fourth-order valence-corrected chi connectivity index (χ4v) is 3.83. The van der Waals surface area contributed by atoms with Crippen molar-refractivity contribution in [1.29, 1.82) is 0 Å². The van der Waals surface area contributed by atoms with Crippen LogP contribution in [0.5, 0.6) is 0 Å². The first-order chi connectivity index (χ1) is 9.71. The van der Waals surface area contributed by atoms with Crippen LogP contribution in [0.25, 0.3) is 0 Å². The lowest BCUT2D eigenvalue weighted by atomic mass is 9.96. The number of aromatic nitrogens is 2. The molecule has 2 aliphatic rings. The molecule has 1 aromatic heterocycles. The lowest BCUT2D eigenvalue weighted by Crippen LogP contribution is -2.48. The highest BCUT2D eigenvalue weighted by Gasteiger charge is 2.58. The van der Waals surface area contributed by atoms with Gasteiger partial charge in [-0.2, -0.15) is 4.98 Å². The van der Waals surface area contributed by atoms with Gasteiger partial charge in [-0.1, -0.05) is 0 Å². The Morgan fingerprint density at radius 2 is 2.33 bits per heavy atom. The summed E-state index contributed by atoms with van der Waals surface area (Å²) in [6.45, 7) is 2.79. The molecule has 3 heterocycles. The van der Waals surface area contributed by atoms with E-state index in [2.05, 4.69) is 4.98 Å². The molecule has 0 spiro atoms. The Morgan fingerprint density at radius 3 is 3.00 bits per heavy atom. The highest BCUT2D eigenvalue weighted by molar-refractivity contribution is 7.53. The molecule has 2 unspecified atom stereocenters. The molecule has 0 radical (unpaired) electrons. The molecule has 116 valence electrons. The smallest absolute Gasteiger partial charge is 0.351 e. The molecule has 5 atom stereocenters. The van der Waals surface area contributed by atoms with Crippen LogP contribution in [0.3, 0.4) is 0 Å². The second kappa shape index (κ2) is 4.62. The molecule has 0 aromatic carbocycles. The van der Waals surface area contributed by atoms with Gasteiger partial charge in [0, 0.05) is 12.9 Å². The zero-order valence-corrected chi connectivity index (χ0v) is 12.4. The van der Waals surface area contributed by atoms with E-state index in [1.54, 1.807) is 0 Å². The molecule has 1 aromatic rings. The Kier molecular flexibility index (Phi) is 3.23. The molecule has 21 heavy (non-hydrogen) atoms. The Balaban J connectivity index is 1.98. The van der Waals surface area contributed by atoms with Gasteiger partial charge in [0.15, 0.2) is 6.23 Å². The van der Waals surface area contributed by atoms with E-state index in [-0.39, 0.29) is 12.4 Å². The molecule has 0 amide bonds. The number of hydrogen-bond acceptors (Lipinski definition) is 8. The lowest BCUT2D eigenvalue weighted by Gasteiger charge is -2.34. The normalized spacial score (nSPS) is 42.7. The van der Waals surface area contributed by atoms with Crippen molar-refractivity contribution in [2.24, 2.45) is 0 Å². The van der Waals surface area contributed by atoms with E-state index >= 15 is 0 Å². The zero-order valence-electron chi connectivity index (χ0n) is 11.5. The summed E-state index contributed by atoms with van der Waals surface area (Å²) in [7, 11) is -3.24. The first-order valence-corrected chi connectivity index (χ1v) is 8.33. The van der Waals surface area contributed by atoms with E-state index in [1.165, 1.54) is 25.9 Å². The molecule has 0 saturated carbocycles. The van der Waals surface area contributed by atoms with Crippen LogP contribution in [-0.2, 0) is 18.3 Å². The molecule has 3 rings (SSSR count). The monoisotopic (exact) mass is 317 g/mol. The quantitative estimate of drug-likeness (QED) is 0.677. The van der Waals surface area contributed by atoms with Crippen LogP contribution in [-0.4, -0.2) is 45.7 Å². The Hall–Kier alpha value is -1.25. The number of nitrogen functional groups attached to an aromatic ring is 1. The minimum atomic E-state index is -3.24. The molecule has 2 fully saturated rings. The molecule has 0 bridgehead atoms. The molecule has 9 nitrogen and oxygen atoms in total. The predicted octanol–water partition coefficient (Wildman–Crippen LogP) is -0.288. The number of hydrogen-bond donors (Lipinski definition) is 2. The van der Waals surface area contributed by atoms with Crippen LogP contribution in [0.2, 0.25) is 0 Å². The summed E-state index contributed by atoms with van der Waals surface area (Å²) in [6, 6.07) is 1.42. The third kappa shape index (κ3) is 2.41. The third-order valence-corrected chi connectivity index (χ3v) is 4.83. The highest BCUT2D eigenvalue weighted by Crippen LogP contribution is 2.55. The molecule has 2 saturated heterocycles. The molecular weight excluding hydrogens is 301 g/mol. The number of nitrogens with two attached hydrogens (primary N) is 1. The van der Waals surface area contributed by atoms with Gasteiger partial charge < -0.3 is 20.1 Å². The minimum absolute atomic E-state index is 0.0161. The summed E-state index contributed by atoms with van der Waals surface area (Å²) in [5.41, 5.74) is 3.22. The van der Waals surface area contributed by atoms with Gasteiger partial charge in [0.2, 0.25) is 0 Å². The van der Waals surface area contributed by atoms with Crippen molar-refractivity contribution in [2.45, 2.75) is 31.0 Å². The summed E-state index contributed by atoms with van der Waals surface area (Å²) in [5, 5.41) is 10.7. The number of rotatable bonds is 1. The first kappa shape index (κ1) is 14.7. The summed E-state index contributed by atoms with van der Waals surface area (Å²) in [6.07, 6.45) is -1.14. The second-order valence-electron chi connectivity index (χ2n) is 5.39. The lowest BCUT2D eigenvalue weighted by molar-refractivity contribution is -0.0925. The van der Waals surface area contributed by atoms with Crippen LogP contribution < -0.4 is 11.4 Å². The average Bonchev–Trinajstić information content (AvgIpc) is 2.61. The SMILES string of the molecule is C[C@]1(O)C(n2ccc(N)nc2=O)O[C@@H]2COP(C)(=O)O[C@H]21. The number of ether oxygens (including phenoxy) is 1. The van der Waals surface area contributed by atoms with E-state index in [1.807, 2.05) is 0 Å². The summed E-state index contributed by atoms with van der Waals surface area (Å²) >= 11 is 0. The van der Waals surface area contributed by atoms with E-state index in [0.717, 1.165) is 4.57 Å². The van der Waals surface area contributed by atoms with Gasteiger partial charge in [0.25, 0.3) is 0 Å². The largest absolute Gasteiger partial charge is 0.383 e. The molecular formula is C11H16N3O6P. The van der Waals surface area contributed by atoms with Crippen molar-refractivity contribution in [3.63, 3.8) is 0 Å². The maximum atomic E-state index is 11.9. The fourth-order valence-electron chi connectivity index (χ4n) is 2.59. The van der Waals surface area contributed by atoms with Gasteiger partial charge in [-0.15, -0.1) is 0 Å². The standard InChI is InChI=1S/C11H16N3O6P/c1-11(16)8-6(5-18-21(2,17)20-8)19-9(11)14-4-3-7(12)13-10(14)15/h3-4,6,8-9,16H,5H2,1-2H3,(H2,12,13,15)/t6-,8-,9?,11-,21?/m1/s1. The molecule has 10 heteroatoms. The van der Waals surface area contributed by atoms with Crippen LogP contribution in [0.4, 0.5) is 5.82 Å². The summed E-state index contributed by atoms with van der Waals surface area (Å²) < 4.78 is 29.1. The van der Waals surface area contributed by atoms with Gasteiger partial charge in [0.05, 0.1) is 6.61 Å². The Labute approximate surface area is 120 Å². The summed E-state index contributed by atoms with van der Waals surface area (Å²) in [5.74, 6) is 0.0731. The van der Waals surface area contributed by atoms with E-state index in [4.69, 9.17) is 19.5 Å². The van der Waals surface area contributed by atoms with Gasteiger partial charge >= 0.3 is 13.3 Å². The van der Waals surface area contributed by atoms with Crippen LogP contribution >= 0.6 is 7.60 Å². The van der Waals surface area contributed by atoms with Crippen LogP contribution in [0, 0.1) is 0 Å². The third-order valence-electron chi connectivity index (χ3n) is 3.60. The van der Waals surface area contributed by atoms with Gasteiger partial charge in [-0.25, -0.2) is 4.79 Å². The van der Waals surface area contributed by atoms with Crippen LogP contribution in [0.1, 0.15) is 13.2 Å². The minimum Gasteiger partial charge on any atom is -0.383 e. The van der Waals surface area contributed by atoms with E-state index < -0.39 is 37.3 Å².